The molecule has 0 bridgehead atoms. The van der Waals surface area contributed by atoms with E-state index in [-0.39, 0.29) is 109 Å². The lowest BCUT2D eigenvalue weighted by Crippen LogP contribution is -2.37. The van der Waals surface area contributed by atoms with Gasteiger partial charge in [-0.25, -0.2) is 57.5 Å². The number of hydrogen-bond donors (Lipinski definition) is 4. The number of nitrogens with one attached hydrogen (secondary N) is 4. The number of esters is 8. The Labute approximate surface area is 749 Å². The predicted molar refractivity (Wildman–Crippen MR) is 489 cm³/mol. The predicted octanol–water partition coefficient (Wildman–Crippen LogP) is 18.7. The average molecular weight is 1770 g/mol. The van der Waals surface area contributed by atoms with E-state index in [4.69, 9.17) is 56.8 Å². The number of unbranched alkanes of at least 4 members (excludes halogenated alkanes) is 1. The molecule has 8 rings (SSSR count). The van der Waals surface area contributed by atoms with E-state index in [1.54, 1.807) is 44.2 Å². The number of carbonyl (C=O) groups is 12. The summed E-state index contributed by atoms with van der Waals surface area (Å²) in [6, 6.07) is 53.1. The van der Waals surface area contributed by atoms with Crippen molar-refractivity contribution in [2.45, 2.75) is 164 Å². The Morgan fingerprint density at radius 2 is 0.766 bits per heavy atom. The second kappa shape index (κ2) is 58.7. The first-order valence-corrected chi connectivity index (χ1v) is 43.2. The minimum absolute atomic E-state index is 0.0259. The highest BCUT2D eigenvalue weighted by Crippen LogP contribution is 2.32. The molecule has 0 saturated carbocycles. The van der Waals surface area contributed by atoms with Crippen LogP contribution in [0.4, 0.5) is 19.2 Å². The zero-order chi connectivity index (χ0) is 93.6. The molecule has 0 heterocycles. The van der Waals surface area contributed by atoms with E-state index in [9.17, 15) is 57.5 Å². The molecular formula is C100H124N4O24. The van der Waals surface area contributed by atoms with Gasteiger partial charge in [0.1, 0.15) is 64.1 Å². The highest BCUT2D eigenvalue weighted by Gasteiger charge is 2.33. The first-order chi connectivity index (χ1) is 61.6. The Kier molecular flexibility index (Phi) is 48.2. The molecule has 128 heavy (non-hydrogen) atoms. The van der Waals surface area contributed by atoms with Crippen LogP contribution in [-0.4, -0.2) is 176 Å². The van der Waals surface area contributed by atoms with Gasteiger partial charge in [0.05, 0.1) is 61.6 Å². The minimum atomic E-state index is -0.635. The van der Waals surface area contributed by atoms with Crippen LogP contribution in [0.2, 0.25) is 0 Å². The molecule has 8 aromatic rings. The molecule has 0 aliphatic heterocycles. The molecule has 688 valence electrons. The van der Waals surface area contributed by atoms with Crippen molar-refractivity contribution in [2.24, 2.45) is 17.3 Å². The van der Waals surface area contributed by atoms with Crippen LogP contribution in [0.25, 0.3) is 43.1 Å². The molecule has 0 radical (unpaired) electrons. The van der Waals surface area contributed by atoms with E-state index in [0.717, 1.165) is 93.4 Å². The molecular weight excluding hydrogens is 1640 g/mol. The quantitative estimate of drug-likeness (QED) is 0.0119. The zero-order valence-electron chi connectivity index (χ0n) is 75.0. The van der Waals surface area contributed by atoms with E-state index in [1.807, 2.05) is 181 Å². The third-order valence-electron chi connectivity index (χ3n) is 20.2. The fourth-order valence-electron chi connectivity index (χ4n) is 12.6. The summed E-state index contributed by atoms with van der Waals surface area (Å²) >= 11 is 0. The maximum absolute atomic E-state index is 12.7. The van der Waals surface area contributed by atoms with Crippen LogP contribution in [-0.2, 0) is 76.0 Å². The van der Waals surface area contributed by atoms with Gasteiger partial charge in [-0.05, 0) is 163 Å². The Bertz CT molecular complexity index is 4970. The van der Waals surface area contributed by atoms with Crippen LogP contribution in [0.3, 0.4) is 0 Å². The second-order valence-corrected chi connectivity index (χ2v) is 30.3. The van der Waals surface area contributed by atoms with E-state index in [0.29, 0.717) is 72.8 Å². The molecule has 0 aliphatic carbocycles. The highest BCUT2D eigenvalue weighted by atomic mass is 16.6. The molecule has 8 aromatic carbocycles. The summed E-state index contributed by atoms with van der Waals surface area (Å²) in [5.74, 6) is -3.72. The van der Waals surface area contributed by atoms with Crippen molar-refractivity contribution in [3.63, 3.8) is 0 Å². The molecule has 28 heteroatoms. The maximum atomic E-state index is 12.7. The van der Waals surface area contributed by atoms with Crippen LogP contribution in [0.15, 0.2) is 220 Å². The van der Waals surface area contributed by atoms with Crippen LogP contribution < -0.4 is 21.3 Å². The van der Waals surface area contributed by atoms with Gasteiger partial charge in [-0.2, -0.15) is 0 Å². The van der Waals surface area contributed by atoms with Crippen molar-refractivity contribution in [3.05, 3.63) is 242 Å². The third kappa shape index (κ3) is 39.4. The summed E-state index contributed by atoms with van der Waals surface area (Å²) in [7, 11) is 0. The van der Waals surface area contributed by atoms with Crippen LogP contribution in [0.5, 0.6) is 0 Å². The van der Waals surface area contributed by atoms with Crippen molar-refractivity contribution in [3.8, 4) is 0 Å². The number of benzene rings is 8. The topological polar surface area (TPSA) is 364 Å². The average Bonchev–Trinajstić information content (AvgIpc) is 0.844. The summed E-state index contributed by atoms with van der Waals surface area (Å²) < 4.78 is 63.2. The maximum Gasteiger partial charge on any atom is 0.407 e. The largest absolute Gasteiger partial charge is 0.462 e. The minimum Gasteiger partial charge on any atom is -0.462 e. The van der Waals surface area contributed by atoms with Crippen molar-refractivity contribution in [2.75, 3.05) is 79.0 Å². The van der Waals surface area contributed by atoms with Crippen LogP contribution in [0.1, 0.15) is 181 Å². The van der Waals surface area contributed by atoms with Gasteiger partial charge in [0.2, 0.25) is 0 Å². The molecule has 6 unspecified atom stereocenters. The van der Waals surface area contributed by atoms with E-state index >= 15 is 0 Å². The SMILES string of the molecule is C=C(C)C(=O)OCCNC(=O)OC(C)CCOC(=O)c1ccc2ccccc2c1.C=CC(=O)OCCNC(=O)OC(CCC)C(CC)COC(=O)c1ccc2ccccc2c1.C=CC(=O)OCCNC(=O)OC(CCCC(CC)OC(=O)c1ccc2ccccc2c1)C(C)C.C=CC(=O)OCCNC(=O)OCC(CC)(CCCC)COC(=O)c1ccc2ccccc2c1. The zero-order valence-corrected chi connectivity index (χ0v) is 75.0. The van der Waals surface area contributed by atoms with Gasteiger partial charge in [-0.15, -0.1) is 0 Å². The van der Waals surface area contributed by atoms with Crippen molar-refractivity contribution >= 4 is 115 Å². The Balaban J connectivity index is 0.000000303. The highest BCUT2D eigenvalue weighted by molar-refractivity contribution is 5.98. The van der Waals surface area contributed by atoms with Gasteiger partial charge < -0.3 is 78.1 Å². The Hall–Kier alpha value is -13.4. The van der Waals surface area contributed by atoms with Crippen LogP contribution >= 0.6 is 0 Å². The number of rotatable bonds is 47. The molecule has 6 atom stereocenters. The second-order valence-electron chi connectivity index (χ2n) is 30.3. The summed E-state index contributed by atoms with van der Waals surface area (Å²) in [5.41, 5.74) is 1.80. The standard InChI is InChI=1S/C27H35NO6.C26H33NO6.C25H31NO6.C22H25NO6/c1-5-23(33-26(30)22-15-14-20-10-7-8-11-21(20)18-22)12-9-13-24(19(3)4)34-27(31)28-16-17-32-25(29)6-2;1-4-7-14-26(6-3,19-33-25(30)27-15-16-31-23(28)5-2)18-32-24(29)22-13-12-20-10-8-9-11-21(20)17-22;1-4-9-22(32-25(29)26-14-15-30-23(27)6-3)18(5-2)17-31-24(28)21-13-12-19-10-7-8-11-20(19)16-21;1-15(2)20(24)28-13-11-23-22(26)29-16(3)10-12-27-21(25)19-9-8-17-6-4-5-7-18(17)14-19/h6-8,10-11,14-15,18-19,23-24H,2,5,9,12-13,16-17H2,1,3-4H3,(H,28,31);5,8-13,17H,2,4,6-7,14-16,18-19H2,1,3H3,(H,27,30);6-8,10-13,16,18,22H,3-5,9,14-15,17H2,1-2H3,(H,26,29);4-9,14,16H,1,10-13H2,2-3H3,(H,23,26). The summed E-state index contributed by atoms with van der Waals surface area (Å²) in [6.07, 6.45) is 8.07. The first kappa shape index (κ1) is 105. The van der Waals surface area contributed by atoms with Gasteiger partial charge in [0.25, 0.3) is 0 Å². The Morgan fingerprint density at radius 3 is 1.16 bits per heavy atom. The van der Waals surface area contributed by atoms with Crippen molar-refractivity contribution < 1.29 is 114 Å². The molecule has 4 amide bonds. The van der Waals surface area contributed by atoms with Gasteiger partial charge in [0.15, 0.2) is 0 Å². The molecule has 4 N–H and O–H groups in total. The smallest absolute Gasteiger partial charge is 0.407 e. The van der Waals surface area contributed by atoms with E-state index in [2.05, 4.69) is 54.5 Å². The Morgan fingerprint density at radius 1 is 0.375 bits per heavy atom. The molecule has 0 spiro atoms. The van der Waals surface area contributed by atoms with E-state index < -0.39 is 83.8 Å². The first-order valence-electron chi connectivity index (χ1n) is 43.2. The number of ether oxygens (including phenoxy) is 12. The lowest BCUT2D eigenvalue weighted by Gasteiger charge is -2.31. The van der Waals surface area contributed by atoms with Crippen LogP contribution in [0, 0.1) is 17.3 Å². The number of alkyl carbamates (subject to hydrolysis) is 4. The van der Waals surface area contributed by atoms with Gasteiger partial charge in [-0.3, -0.25) is 0 Å². The normalized spacial score (nSPS) is 12.2. The fourth-order valence-corrected chi connectivity index (χ4v) is 12.6. The third-order valence-corrected chi connectivity index (χ3v) is 20.2. The molecule has 0 aromatic heterocycles. The summed E-state index contributed by atoms with van der Waals surface area (Å²) in [5, 5.41) is 18.3. The summed E-state index contributed by atoms with van der Waals surface area (Å²) in [4.78, 5) is 142. The van der Waals surface area contributed by atoms with Gasteiger partial charge >= 0.3 is 72.1 Å². The number of fused-ring (bicyclic) bond motifs is 4. The summed E-state index contributed by atoms with van der Waals surface area (Å²) in [6.45, 7) is 31.8. The number of carbonyl (C=O) groups excluding carboxylic acids is 12. The monoisotopic (exact) mass is 1760 g/mol. The van der Waals surface area contributed by atoms with Gasteiger partial charge in [0, 0.05) is 41.6 Å². The molecule has 28 nitrogen and oxygen atoms in total. The van der Waals surface area contributed by atoms with Crippen molar-refractivity contribution in [1.29, 1.82) is 0 Å². The van der Waals surface area contributed by atoms with Gasteiger partial charge in [-0.1, -0.05) is 215 Å². The van der Waals surface area contributed by atoms with Crippen molar-refractivity contribution in [1.82, 2.24) is 21.3 Å². The molecule has 0 saturated heterocycles. The number of amides is 4. The number of hydrogen-bond acceptors (Lipinski definition) is 24. The fraction of sp³-hybridized carbons (Fsp3) is 0.400. The van der Waals surface area contributed by atoms with E-state index in [1.165, 1.54) is 0 Å². The molecule has 0 aliphatic rings. The lowest BCUT2D eigenvalue weighted by molar-refractivity contribution is -0.139. The molecule has 0 fully saturated rings. The lowest BCUT2D eigenvalue weighted by atomic mass is 9.81.